The second kappa shape index (κ2) is 6.43. The quantitative estimate of drug-likeness (QED) is 0.883. The van der Waals surface area contributed by atoms with Gasteiger partial charge >= 0.3 is 5.97 Å². The summed E-state index contributed by atoms with van der Waals surface area (Å²) in [6.45, 7) is 4.49. The minimum absolute atomic E-state index is 0.269. The van der Waals surface area contributed by atoms with E-state index >= 15 is 0 Å². The molecule has 0 aliphatic heterocycles. The third-order valence-electron chi connectivity index (χ3n) is 3.20. The fourth-order valence-corrected chi connectivity index (χ4v) is 2.16. The molecule has 0 spiro atoms. The largest absolute Gasteiger partial charge is 0.478 e. The lowest BCUT2D eigenvalue weighted by molar-refractivity contribution is 0.0696. The summed E-state index contributed by atoms with van der Waals surface area (Å²) in [5.41, 5.74) is 1.07. The Morgan fingerprint density at radius 2 is 2.14 bits per heavy atom. The molecular formula is C16H20N2O3. The summed E-state index contributed by atoms with van der Waals surface area (Å²) < 4.78 is 5.55. The van der Waals surface area contributed by atoms with E-state index in [1.165, 1.54) is 0 Å². The van der Waals surface area contributed by atoms with Crippen LogP contribution in [0.15, 0.2) is 28.7 Å². The molecule has 0 aromatic carbocycles. The molecule has 0 fully saturated rings. The number of carboxylic acid groups (broad SMARTS) is 1. The summed E-state index contributed by atoms with van der Waals surface area (Å²) in [7, 11) is 1.88. The van der Waals surface area contributed by atoms with Crippen LogP contribution in [-0.2, 0) is 13.0 Å². The van der Waals surface area contributed by atoms with Gasteiger partial charge in [0.25, 0.3) is 0 Å². The van der Waals surface area contributed by atoms with Crippen molar-refractivity contribution >= 4 is 11.8 Å². The van der Waals surface area contributed by atoms with Crippen molar-refractivity contribution < 1.29 is 14.3 Å². The Balaban J connectivity index is 2.26. The molecule has 1 N–H and O–H groups in total. The van der Waals surface area contributed by atoms with Gasteiger partial charge in [0, 0.05) is 12.7 Å². The Hall–Kier alpha value is -2.30. The van der Waals surface area contributed by atoms with Crippen LogP contribution in [0.3, 0.4) is 0 Å². The van der Waals surface area contributed by atoms with Crippen LogP contribution in [0, 0.1) is 6.92 Å². The lowest BCUT2D eigenvalue weighted by Gasteiger charge is -2.18. The normalized spacial score (nSPS) is 10.6. The van der Waals surface area contributed by atoms with Gasteiger partial charge in [0.1, 0.15) is 17.3 Å². The predicted molar refractivity (Wildman–Crippen MR) is 80.7 cm³/mol. The molecule has 0 radical (unpaired) electrons. The number of anilines is 1. The van der Waals surface area contributed by atoms with Gasteiger partial charge in [0.05, 0.1) is 12.1 Å². The predicted octanol–water partition coefficient (Wildman–Crippen LogP) is 3.27. The topological polar surface area (TPSA) is 66.6 Å². The summed E-state index contributed by atoms with van der Waals surface area (Å²) in [4.78, 5) is 17.7. The smallest absolute Gasteiger partial charge is 0.335 e. The Morgan fingerprint density at radius 3 is 2.71 bits per heavy atom. The first-order valence-corrected chi connectivity index (χ1v) is 7.00. The van der Waals surface area contributed by atoms with Crippen LogP contribution in [0.25, 0.3) is 0 Å². The molecule has 5 heteroatoms. The van der Waals surface area contributed by atoms with Crippen molar-refractivity contribution in [3.63, 3.8) is 0 Å². The number of aryl methyl sites for hydroxylation is 2. The van der Waals surface area contributed by atoms with Crippen LogP contribution in [-0.4, -0.2) is 23.1 Å². The van der Waals surface area contributed by atoms with Gasteiger partial charge in [-0.1, -0.05) is 13.3 Å². The molecule has 0 saturated heterocycles. The summed E-state index contributed by atoms with van der Waals surface area (Å²) in [5, 5.41) is 9.21. The first-order valence-electron chi connectivity index (χ1n) is 7.00. The Morgan fingerprint density at radius 1 is 1.38 bits per heavy atom. The Bertz CT molecular complexity index is 634. The molecule has 2 rings (SSSR count). The molecule has 0 bridgehead atoms. The Labute approximate surface area is 124 Å². The van der Waals surface area contributed by atoms with Gasteiger partial charge in [-0.3, -0.25) is 0 Å². The number of aromatic carboxylic acids is 1. The van der Waals surface area contributed by atoms with E-state index in [9.17, 15) is 9.90 Å². The molecule has 0 aliphatic carbocycles. The zero-order valence-electron chi connectivity index (χ0n) is 12.6. The molecule has 0 unspecified atom stereocenters. The van der Waals surface area contributed by atoms with E-state index in [0.717, 1.165) is 30.1 Å². The fraction of sp³-hybridized carbons (Fsp3) is 0.375. The number of hydrogen-bond acceptors (Lipinski definition) is 4. The number of rotatable bonds is 6. The van der Waals surface area contributed by atoms with Crippen molar-refractivity contribution in [1.82, 2.24) is 4.98 Å². The number of carboxylic acids is 1. The van der Waals surface area contributed by atoms with Crippen LogP contribution in [0.5, 0.6) is 0 Å². The molecule has 0 aliphatic rings. The number of pyridine rings is 1. The van der Waals surface area contributed by atoms with Gasteiger partial charge in [-0.2, -0.15) is 0 Å². The lowest BCUT2D eigenvalue weighted by atomic mass is 10.1. The van der Waals surface area contributed by atoms with Crippen molar-refractivity contribution in [3.8, 4) is 0 Å². The monoisotopic (exact) mass is 288 g/mol. The average Bonchev–Trinajstić information content (AvgIpc) is 2.84. The fourth-order valence-electron chi connectivity index (χ4n) is 2.16. The summed E-state index contributed by atoms with van der Waals surface area (Å²) in [5.74, 6) is 1.40. The zero-order chi connectivity index (χ0) is 15.4. The maximum Gasteiger partial charge on any atom is 0.335 e. The Kier molecular flexibility index (Phi) is 4.62. The molecule has 21 heavy (non-hydrogen) atoms. The van der Waals surface area contributed by atoms with E-state index in [1.54, 1.807) is 12.1 Å². The van der Waals surface area contributed by atoms with Gasteiger partial charge in [-0.15, -0.1) is 0 Å². The highest BCUT2D eigenvalue weighted by molar-refractivity contribution is 5.88. The first-order chi connectivity index (χ1) is 9.99. The second-order valence-electron chi connectivity index (χ2n) is 5.13. The van der Waals surface area contributed by atoms with E-state index in [1.807, 2.05) is 37.9 Å². The minimum Gasteiger partial charge on any atom is -0.478 e. The van der Waals surface area contributed by atoms with Crippen LogP contribution in [0.1, 0.15) is 40.9 Å². The van der Waals surface area contributed by atoms with E-state index in [4.69, 9.17) is 4.42 Å². The first kappa shape index (κ1) is 15.1. The number of nitrogens with zero attached hydrogens (tertiary/aromatic N) is 2. The molecule has 112 valence electrons. The molecule has 0 atom stereocenters. The molecule has 5 nitrogen and oxygen atoms in total. The summed E-state index contributed by atoms with van der Waals surface area (Å²) >= 11 is 0. The standard InChI is InChI=1S/C16H20N2O3/c1-4-5-13-8-12(16(19)20)9-15(17-13)18(3)10-14-7-6-11(2)21-14/h6-9H,4-5,10H2,1-3H3,(H,19,20). The SMILES string of the molecule is CCCc1cc(C(=O)O)cc(N(C)Cc2ccc(C)o2)n1. The van der Waals surface area contributed by atoms with E-state index in [-0.39, 0.29) is 5.56 Å². The molecule has 0 saturated carbocycles. The molecule has 2 aromatic heterocycles. The van der Waals surface area contributed by atoms with Gasteiger partial charge in [-0.05, 0) is 37.6 Å². The highest BCUT2D eigenvalue weighted by Gasteiger charge is 2.12. The van der Waals surface area contributed by atoms with Crippen LogP contribution >= 0.6 is 0 Å². The van der Waals surface area contributed by atoms with Crippen LogP contribution in [0.2, 0.25) is 0 Å². The highest BCUT2D eigenvalue weighted by Crippen LogP contribution is 2.18. The van der Waals surface area contributed by atoms with E-state index in [0.29, 0.717) is 12.4 Å². The van der Waals surface area contributed by atoms with Gasteiger partial charge in [0.15, 0.2) is 0 Å². The van der Waals surface area contributed by atoms with Crippen molar-refractivity contribution in [2.75, 3.05) is 11.9 Å². The van der Waals surface area contributed by atoms with Crippen molar-refractivity contribution in [2.24, 2.45) is 0 Å². The van der Waals surface area contributed by atoms with Crippen LogP contribution in [0.4, 0.5) is 5.82 Å². The maximum absolute atomic E-state index is 11.2. The molecule has 2 heterocycles. The molecule has 0 amide bonds. The lowest BCUT2D eigenvalue weighted by Crippen LogP contribution is -2.18. The third kappa shape index (κ3) is 3.84. The number of hydrogen-bond donors (Lipinski definition) is 1. The van der Waals surface area contributed by atoms with E-state index < -0.39 is 5.97 Å². The number of furan rings is 1. The minimum atomic E-state index is -0.932. The third-order valence-corrected chi connectivity index (χ3v) is 3.20. The van der Waals surface area contributed by atoms with Gasteiger partial charge in [-0.25, -0.2) is 9.78 Å². The van der Waals surface area contributed by atoms with Crippen molar-refractivity contribution in [2.45, 2.75) is 33.2 Å². The number of aromatic nitrogens is 1. The maximum atomic E-state index is 11.2. The van der Waals surface area contributed by atoms with Gasteiger partial charge < -0.3 is 14.4 Å². The second-order valence-corrected chi connectivity index (χ2v) is 5.13. The highest BCUT2D eigenvalue weighted by atomic mass is 16.4. The number of carbonyl (C=O) groups is 1. The van der Waals surface area contributed by atoms with Crippen LogP contribution < -0.4 is 4.90 Å². The molecule has 2 aromatic rings. The summed E-state index contributed by atoms with van der Waals surface area (Å²) in [6, 6.07) is 7.06. The molecular weight excluding hydrogens is 268 g/mol. The average molecular weight is 288 g/mol. The van der Waals surface area contributed by atoms with Gasteiger partial charge in [0.2, 0.25) is 0 Å². The zero-order valence-corrected chi connectivity index (χ0v) is 12.6. The van der Waals surface area contributed by atoms with E-state index in [2.05, 4.69) is 4.98 Å². The summed E-state index contributed by atoms with van der Waals surface area (Å²) in [6.07, 6.45) is 1.69. The van der Waals surface area contributed by atoms with Crippen molar-refractivity contribution in [1.29, 1.82) is 0 Å². The van der Waals surface area contributed by atoms with Crippen molar-refractivity contribution in [3.05, 3.63) is 47.0 Å².